The number of rotatable bonds is 4. The third kappa shape index (κ3) is 3.83. The quantitative estimate of drug-likeness (QED) is 0.816. The van der Waals surface area contributed by atoms with Crippen LogP contribution >= 0.6 is 11.6 Å². The van der Waals surface area contributed by atoms with Crippen LogP contribution in [-0.4, -0.2) is 40.6 Å². The second kappa shape index (κ2) is 7.41. The average Bonchev–Trinajstić information content (AvgIpc) is 3.11. The highest BCUT2D eigenvalue weighted by molar-refractivity contribution is 6.31. The van der Waals surface area contributed by atoms with E-state index in [4.69, 9.17) is 25.8 Å². The molecule has 5 nitrogen and oxygen atoms in total. The Morgan fingerprint density at radius 3 is 2.50 bits per heavy atom. The molecule has 2 heterocycles. The van der Waals surface area contributed by atoms with Crippen LogP contribution in [-0.2, 0) is 20.6 Å². The molecule has 0 bridgehead atoms. The maximum absolute atomic E-state index is 10.9. The summed E-state index contributed by atoms with van der Waals surface area (Å²) < 4.78 is 17.1. The molecule has 0 aromatic heterocycles. The van der Waals surface area contributed by atoms with Gasteiger partial charge in [0.05, 0.1) is 0 Å². The molecule has 2 N–H and O–H groups in total. The van der Waals surface area contributed by atoms with Crippen LogP contribution in [0.25, 0.3) is 0 Å². The number of halogens is 1. The fraction of sp³-hybridized carbons (Fsp3) is 0.455. The molecule has 6 heteroatoms. The average molecular weight is 405 g/mol. The molecule has 2 aromatic rings. The van der Waals surface area contributed by atoms with E-state index in [0.717, 1.165) is 11.1 Å². The van der Waals surface area contributed by atoms with Gasteiger partial charge in [0, 0.05) is 5.02 Å². The molecule has 0 aliphatic carbocycles. The van der Waals surface area contributed by atoms with Crippen molar-refractivity contribution in [3.05, 3.63) is 69.7 Å². The van der Waals surface area contributed by atoms with Crippen molar-refractivity contribution in [2.45, 2.75) is 63.7 Å². The summed E-state index contributed by atoms with van der Waals surface area (Å²) in [5.41, 5.74) is 3.87. The number of benzene rings is 2. The molecule has 5 atom stereocenters. The van der Waals surface area contributed by atoms with E-state index in [-0.39, 0.29) is 0 Å². The minimum absolute atomic E-state index is 0.617. The SMILES string of the molecule is Cc1ccc(Cc2cc([C@H](O)[C@@H]3O[C@H]4OC(C)(C)O[C@H]4[C@@H]3O)ccc2Cl)cc1. The molecule has 0 amide bonds. The summed E-state index contributed by atoms with van der Waals surface area (Å²) in [6.45, 7) is 5.58. The van der Waals surface area contributed by atoms with Gasteiger partial charge in [0.25, 0.3) is 0 Å². The van der Waals surface area contributed by atoms with Crippen LogP contribution in [0.3, 0.4) is 0 Å². The van der Waals surface area contributed by atoms with Gasteiger partial charge < -0.3 is 24.4 Å². The van der Waals surface area contributed by atoms with Crippen LogP contribution in [0.5, 0.6) is 0 Å². The normalized spacial score (nSPS) is 29.6. The summed E-state index contributed by atoms with van der Waals surface area (Å²) in [6, 6.07) is 13.6. The molecular weight excluding hydrogens is 380 g/mol. The molecule has 2 aliphatic heterocycles. The first-order chi connectivity index (χ1) is 13.2. The fourth-order valence-corrected chi connectivity index (χ4v) is 3.99. The van der Waals surface area contributed by atoms with E-state index in [0.29, 0.717) is 17.0 Å². The molecule has 0 radical (unpaired) electrons. The van der Waals surface area contributed by atoms with Crippen molar-refractivity contribution < 1.29 is 24.4 Å². The Bertz CT molecular complexity index is 851. The topological polar surface area (TPSA) is 68.2 Å². The lowest BCUT2D eigenvalue weighted by atomic mass is 9.95. The number of hydrogen-bond acceptors (Lipinski definition) is 5. The zero-order valence-electron chi connectivity index (χ0n) is 16.1. The molecule has 0 unspecified atom stereocenters. The van der Waals surface area contributed by atoms with Gasteiger partial charge >= 0.3 is 0 Å². The summed E-state index contributed by atoms with van der Waals surface area (Å²) in [4.78, 5) is 0. The van der Waals surface area contributed by atoms with Crippen molar-refractivity contribution in [3.63, 3.8) is 0 Å². The highest BCUT2D eigenvalue weighted by Gasteiger charge is 2.56. The van der Waals surface area contributed by atoms with Gasteiger partial charge in [-0.05, 0) is 49.9 Å². The van der Waals surface area contributed by atoms with Crippen LogP contribution in [0.1, 0.15) is 42.2 Å². The van der Waals surface area contributed by atoms with Gasteiger partial charge in [-0.1, -0.05) is 53.6 Å². The Hall–Kier alpha value is -1.47. The Labute approximate surface area is 169 Å². The van der Waals surface area contributed by atoms with Gasteiger partial charge in [-0.25, -0.2) is 0 Å². The predicted octanol–water partition coefficient (Wildman–Crippen LogP) is 3.51. The van der Waals surface area contributed by atoms with Crippen LogP contribution in [0.4, 0.5) is 0 Å². The molecule has 2 aromatic carbocycles. The van der Waals surface area contributed by atoms with E-state index in [1.165, 1.54) is 5.56 Å². The Morgan fingerprint density at radius 2 is 1.82 bits per heavy atom. The Kier molecular flexibility index (Phi) is 5.25. The van der Waals surface area contributed by atoms with E-state index in [1.807, 2.05) is 13.0 Å². The van der Waals surface area contributed by atoms with Gasteiger partial charge in [-0.2, -0.15) is 0 Å². The maximum Gasteiger partial charge on any atom is 0.190 e. The highest BCUT2D eigenvalue weighted by Crippen LogP contribution is 2.41. The van der Waals surface area contributed by atoms with Gasteiger partial charge in [0.1, 0.15) is 24.4 Å². The second-order valence-electron chi connectivity index (χ2n) is 8.02. The number of aliphatic hydroxyl groups excluding tert-OH is 2. The molecule has 2 aliphatic rings. The van der Waals surface area contributed by atoms with Crippen molar-refractivity contribution in [2.75, 3.05) is 0 Å². The van der Waals surface area contributed by atoms with Crippen molar-refractivity contribution in [2.24, 2.45) is 0 Å². The number of fused-ring (bicyclic) bond motifs is 1. The minimum atomic E-state index is -1.02. The zero-order valence-corrected chi connectivity index (χ0v) is 16.9. The van der Waals surface area contributed by atoms with E-state index in [2.05, 4.69) is 24.3 Å². The summed E-state index contributed by atoms with van der Waals surface area (Å²) in [5, 5.41) is 22.1. The van der Waals surface area contributed by atoms with Gasteiger partial charge in [-0.15, -0.1) is 0 Å². The molecule has 28 heavy (non-hydrogen) atoms. The fourth-order valence-electron chi connectivity index (χ4n) is 3.81. The van der Waals surface area contributed by atoms with Gasteiger partial charge in [-0.3, -0.25) is 0 Å². The monoisotopic (exact) mass is 404 g/mol. The summed E-state index contributed by atoms with van der Waals surface area (Å²) >= 11 is 6.38. The van der Waals surface area contributed by atoms with Crippen LogP contribution in [0.15, 0.2) is 42.5 Å². The molecule has 0 saturated carbocycles. The lowest BCUT2D eigenvalue weighted by Gasteiger charge is -2.26. The van der Waals surface area contributed by atoms with Crippen molar-refractivity contribution in [1.82, 2.24) is 0 Å². The lowest BCUT2D eigenvalue weighted by Crippen LogP contribution is -2.37. The second-order valence-corrected chi connectivity index (χ2v) is 8.43. The first-order valence-electron chi connectivity index (χ1n) is 9.44. The van der Waals surface area contributed by atoms with E-state index in [1.54, 1.807) is 26.0 Å². The number of ether oxygens (including phenoxy) is 3. The van der Waals surface area contributed by atoms with E-state index < -0.39 is 36.5 Å². The Balaban J connectivity index is 1.52. The first kappa shape index (κ1) is 19.8. The van der Waals surface area contributed by atoms with Crippen LogP contribution in [0, 0.1) is 6.92 Å². The number of aliphatic hydroxyl groups is 2. The number of aryl methyl sites for hydroxylation is 1. The third-order valence-corrected chi connectivity index (χ3v) is 5.66. The number of hydrogen-bond donors (Lipinski definition) is 2. The first-order valence-corrected chi connectivity index (χ1v) is 9.82. The molecule has 0 spiro atoms. The van der Waals surface area contributed by atoms with Crippen molar-refractivity contribution >= 4 is 11.6 Å². The zero-order chi connectivity index (χ0) is 20.1. The molecule has 2 saturated heterocycles. The third-order valence-electron chi connectivity index (χ3n) is 5.29. The standard InChI is InChI=1S/C22H25ClO5/c1-12-4-6-13(7-5-12)10-15-11-14(8-9-16(15)23)17(24)19-18(25)20-21(26-19)28-22(2,3)27-20/h4-9,11,17-21,24-25H,10H2,1-3H3/t17-,18+,19-,20-,21-/m0/s1. The van der Waals surface area contributed by atoms with Crippen molar-refractivity contribution in [1.29, 1.82) is 0 Å². The van der Waals surface area contributed by atoms with Gasteiger partial charge in [0.2, 0.25) is 0 Å². The summed E-state index contributed by atoms with van der Waals surface area (Å²) in [6.07, 6.45) is -3.50. The Morgan fingerprint density at radius 1 is 1.11 bits per heavy atom. The van der Waals surface area contributed by atoms with E-state index >= 15 is 0 Å². The smallest absolute Gasteiger partial charge is 0.190 e. The van der Waals surface area contributed by atoms with Gasteiger partial charge in [0.15, 0.2) is 12.1 Å². The maximum atomic E-state index is 10.9. The molecule has 2 fully saturated rings. The van der Waals surface area contributed by atoms with Crippen molar-refractivity contribution in [3.8, 4) is 0 Å². The predicted molar refractivity (Wildman–Crippen MR) is 105 cm³/mol. The largest absolute Gasteiger partial charge is 0.387 e. The highest BCUT2D eigenvalue weighted by atomic mass is 35.5. The van der Waals surface area contributed by atoms with Crippen LogP contribution in [0.2, 0.25) is 5.02 Å². The summed E-state index contributed by atoms with van der Waals surface area (Å²) in [5.74, 6) is -0.812. The lowest BCUT2D eigenvalue weighted by molar-refractivity contribution is -0.226. The molecule has 150 valence electrons. The summed E-state index contributed by atoms with van der Waals surface area (Å²) in [7, 11) is 0. The van der Waals surface area contributed by atoms with E-state index in [9.17, 15) is 10.2 Å². The molecule has 4 rings (SSSR count). The van der Waals surface area contributed by atoms with Crippen LogP contribution < -0.4 is 0 Å². The minimum Gasteiger partial charge on any atom is -0.387 e. The molecular formula is C22H25ClO5.